The van der Waals surface area contributed by atoms with Crippen LogP contribution in [0.1, 0.15) is 30.1 Å². The van der Waals surface area contributed by atoms with Crippen molar-refractivity contribution in [3.8, 4) is 0 Å². The van der Waals surface area contributed by atoms with Crippen LogP contribution in [0.5, 0.6) is 0 Å². The van der Waals surface area contributed by atoms with E-state index in [1.165, 1.54) is 31.6 Å². The Bertz CT molecular complexity index is 440. The molecular formula is C15H20N2O. The van der Waals surface area contributed by atoms with E-state index in [2.05, 4.69) is 21.9 Å². The Hall–Kier alpha value is -1.35. The summed E-state index contributed by atoms with van der Waals surface area (Å²) in [6.45, 7) is 6.32. The summed E-state index contributed by atoms with van der Waals surface area (Å²) in [7, 11) is 0. The van der Waals surface area contributed by atoms with Gasteiger partial charge in [0.15, 0.2) is 5.78 Å². The third-order valence-electron chi connectivity index (χ3n) is 4.23. The second-order valence-corrected chi connectivity index (χ2v) is 5.38. The minimum absolute atomic E-state index is 0.141. The molecular weight excluding hydrogens is 224 g/mol. The Labute approximate surface area is 108 Å². The van der Waals surface area contributed by atoms with E-state index < -0.39 is 0 Å². The zero-order valence-electron chi connectivity index (χ0n) is 10.9. The van der Waals surface area contributed by atoms with Gasteiger partial charge in [-0.3, -0.25) is 9.69 Å². The number of carbonyl (C=O) groups excluding carboxylic acids is 1. The van der Waals surface area contributed by atoms with Crippen LogP contribution in [0.15, 0.2) is 24.3 Å². The van der Waals surface area contributed by atoms with Gasteiger partial charge in [-0.05, 0) is 50.6 Å². The molecule has 0 bridgehead atoms. The Kier molecular flexibility index (Phi) is 3.08. The zero-order valence-corrected chi connectivity index (χ0v) is 10.9. The van der Waals surface area contributed by atoms with Crippen molar-refractivity contribution in [1.82, 2.24) is 4.90 Å². The molecule has 1 aromatic carbocycles. The molecule has 0 spiro atoms. The van der Waals surface area contributed by atoms with Gasteiger partial charge in [-0.25, -0.2) is 0 Å². The van der Waals surface area contributed by atoms with Gasteiger partial charge >= 0.3 is 0 Å². The number of benzene rings is 1. The Morgan fingerprint density at radius 1 is 1.17 bits per heavy atom. The molecule has 18 heavy (non-hydrogen) atoms. The van der Waals surface area contributed by atoms with Crippen LogP contribution in [0.2, 0.25) is 0 Å². The van der Waals surface area contributed by atoms with E-state index in [0.29, 0.717) is 0 Å². The first kappa shape index (κ1) is 11.7. The highest BCUT2D eigenvalue weighted by atomic mass is 16.1. The van der Waals surface area contributed by atoms with Crippen molar-refractivity contribution in [2.45, 2.75) is 25.8 Å². The van der Waals surface area contributed by atoms with Crippen molar-refractivity contribution < 1.29 is 4.79 Å². The molecule has 1 atom stereocenters. The molecule has 1 aromatic rings. The number of hydrogen-bond acceptors (Lipinski definition) is 3. The molecule has 0 radical (unpaired) electrons. The highest BCUT2D eigenvalue weighted by Gasteiger charge is 2.30. The van der Waals surface area contributed by atoms with Crippen molar-refractivity contribution in [3.63, 3.8) is 0 Å². The average Bonchev–Trinajstić information content (AvgIpc) is 2.86. The topological polar surface area (TPSA) is 23.6 Å². The van der Waals surface area contributed by atoms with Gasteiger partial charge in [0, 0.05) is 36.9 Å². The summed E-state index contributed by atoms with van der Waals surface area (Å²) >= 11 is 0. The summed E-state index contributed by atoms with van der Waals surface area (Å²) in [5.74, 6) is 0.141. The molecule has 2 fully saturated rings. The Morgan fingerprint density at radius 3 is 2.67 bits per heavy atom. The van der Waals surface area contributed by atoms with E-state index >= 15 is 0 Å². The molecule has 0 aromatic heterocycles. The number of hydrogen-bond donors (Lipinski definition) is 0. The van der Waals surface area contributed by atoms with Gasteiger partial charge in [-0.15, -0.1) is 0 Å². The molecule has 3 nitrogen and oxygen atoms in total. The van der Waals surface area contributed by atoms with Gasteiger partial charge < -0.3 is 4.90 Å². The molecule has 0 aliphatic carbocycles. The SMILES string of the molecule is CC(=O)c1ccc(N2CCN3CCCC3C2)cc1. The van der Waals surface area contributed by atoms with Gasteiger partial charge in [0.1, 0.15) is 0 Å². The third kappa shape index (κ3) is 2.15. The lowest BCUT2D eigenvalue weighted by Crippen LogP contribution is -2.50. The van der Waals surface area contributed by atoms with E-state index in [1.54, 1.807) is 6.92 Å². The molecule has 1 unspecified atom stereocenters. The lowest BCUT2D eigenvalue weighted by Gasteiger charge is -2.38. The molecule has 2 aliphatic rings. The lowest BCUT2D eigenvalue weighted by atomic mass is 10.1. The highest BCUT2D eigenvalue weighted by molar-refractivity contribution is 5.94. The van der Waals surface area contributed by atoms with Crippen molar-refractivity contribution in [3.05, 3.63) is 29.8 Å². The summed E-state index contributed by atoms with van der Waals surface area (Å²) in [5.41, 5.74) is 2.06. The average molecular weight is 244 g/mol. The normalized spacial score (nSPS) is 24.1. The predicted octanol–water partition coefficient (Wildman–Crippen LogP) is 2.17. The summed E-state index contributed by atoms with van der Waals surface area (Å²) in [4.78, 5) is 16.3. The van der Waals surface area contributed by atoms with Crippen molar-refractivity contribution in [2.75, 3.05) is 31.1 Å². The number of anilines is 1. The van der Waals surface area contributed by atoms with Gasteiger partial charge in [-0.2, -0.15) is 0 Å². The number of carbonyl (C=O) groups is 1. The predicted molar refractivity (Wildman–Crippen MR) is 73.3 cm³/mol. The van der Waals surface area contributed by atoms with Gasteiger partial charge in [0.25, 0.3) is 0 Å². The van der Waals surface area contributed by atoms with Crippen LogP contribution >= 0.6 is 0 Å². The van der Waals surface area contributed by atoms with Gasteiger partial charge in [0.05, 0.1) is 0 Å². The number of Topliss-reactive ketones (excluding diaryl/α,β-unsaturated/α-hetero) is 1. The van der Waals surface area contributed by atoms with E-state index in [4.69, 9.17) is 0 Å². The standard InChI is InChI=1S/C15H20N2O/c1-12(18)13-4-6-14(7-5-13)17-10-9-16-8-2-3-15(16)11-17/h4-7,15H,2-3,8-11H2,1H3. The quantitative estimate of drug-likeness (QED) is 0.745. The number of ketones is 1. The van der Waals surface area contributed by atoms with E-state index in [0.717, 1.165) is 24.7 Å². The smallest absolute Gasteiger partial charge is 0.159 e. The maximum absolute atomic E-state index is 11.3. The second kappa shape index (κ2) is 4.73. The van der Waals surface area contributed by atoms with Gasteiger partial charge in [0.2, 0.25) is 0 Å². The number of nitrogens with zero attached hydrogens (tertiary/aromatic N) is 2. The zero-order chi connectivity index (χ0) is 12.5. The molecule has 3 heteroatoms. The number of fused-ring (bicyclic) bond motifs is 1. The number of piperazine rings is 1. The molecule has 0 amide bonds. The van der Waals surface area contributed by atoms with Crippen LogP contribution in [0.3, 0.4) is 0 Å². The maximum Gasteiger partial charge on any atom is 0.159 e. The minimum Gasteiger partial charge on any atom is -0.369 e. The Balaban J connectivity index is 1.73. The van der Waals surface area contributed by atoms with E-state index in [-0.39, 0.29) is 5.78 Å². The van der Waals surface area contributed by atoms with Crippen LogP contribution < -0.4 is 4.90 Å². The number of rotatable bonds is 2. The van der Waals surface area contributed by atoms with Crippen LogP contribution in [0.25, 0.3) is 0 Å². The fraction of sp³-hybridized carbons (Fsp3) is 0.533. The fourth-order valence-electron chi connectivity index (χ4n) is 3.13. The molecule has 0 saturated carbocycles. The van der Waals surface area contributed by atoms with Crippen molar-refractivity contribution in [2.24, 2.45) is 0 Å². The van der Waals surface area contributed by atoms with Gasteiger partial charge in [-0.1, -0.05) is 0 Å². The van der Waals surface area contributed by atoms with Crippen LogP contribution in [0.4, 0.5) is 5.69 Å². The molecule has 2 saturated heterocycles. The lowest BCUT2D eigenvalue weighted by molar-refractivity contribution is 0.101. The molecule has 2 aliphatic heterocycles. The Morgan fingerprint density at radius 2 is 1.94 bits per heavy atom. The summed E-state index contributed by atoms with van der Waals surface area (Å²) in [5, 5.41) is 0. The minimum atomic E-state index is 0.141. The summed E-state index contributed by atoms with van der Waals surface area (Å²) < 4.78 is 0. The first-order valence-electron chi connectivity index (χ1n) is 6.84. The summed E-state index contributed by atoms with van der Waals surface area (Å²) in [6, 6.07) is 8.80. The van der Waals surface area contributed by atoms with Crippen LogP contribution in [-0.4, -0.2) is 42.9 Å². The third-order valence-corrected chi connectivity index (χ3v) is 4.23. The molecule has 3 rings (SSSR count). The molecule has 2 heterocycles. The van der Waals surface area contributed by atoms with Crippen LogP contribution in [0, 0.1) is 0 Å². The van der Waals surface area contributed by atoms with E-state index in [9.17, 15) is 4.79 Å². The first-order valence-corrected chi connectivity index (χ1v) is 6.84. The fourth-order valence-corrected chi connectivity index (χ4v) is 3.13. The maximum atomic E-state index is 11.3. The van der Waals surface area contributed by atoms with E-state index in [1.807, 2.05) is 12.1 Å². The summed E-state index contributed by atoms with van der Waals surface area (Å²) in [6.07, 6.45) is 2.68. The second-order valence-electron chi connectivity index (χ2n) is 5.38. The van der Waals surface area contributed by atoms with Crippen molar-refractivity contribution >= 4 is 11.5 Å². The van der Waals surface area contributed by atoms with Crippen LogP contribution in [-0.2, 0) is 0 Å². The highest BCUT2D eigenvalue weighted by Crippen LogP contribution is 2.25. The van der Waals surface area contributed by atoms with Crippen molar-refractivity contribution in [1.29, 1.82) is 0 Å². The monoisotopic (exact) mass is 244 g/mol. The molecule has 96 valence electrons. The largest absolute Gasteiger partial charge is 0.369 e. The molecule has 0 N–H and O–H groups in total. The first-order chi connectivity index (χ1) is 8.74.